The lowest BCUT2D eigenvalue weighted by molar-refractivity contribution is 0.475. The van der Waals surface area contributed by atoms with Crippen LogP contribution in [0.1, 0.15) is 27.8 Å². The number of aromatic nitrogens is 1. The maximum absolute atomic E-state index is 9.75. The van der Waals surface area contributed by atoms with Crippen molar-refractivity contribution in [1.29, 1.82) is 0 Å². The largest absolute Gasteiger partial charge is 0.508 e. The zero-order valence-corrected chi connectivity index (χ0v) is 12.7. The molecule has 0 saturated carbocycles. The molecule has 1 N–H and O–H groups in total. The summed E-state index contributed by atoms with van der Waals surface area (Å²) in [6.07, 6.45) is 8.01. The molecule has 0 spiro atoms. The van der Waals surface area contributed by atoms with Gasteiger partial charge in [-0.15, -0.1) is 0 Å². The van der Waals surface area contributed by atoms with Gasteiger partial charge >= 0.3 is 0 Å². The number of benzene rings is 2. The number of hydrogen-bond donors (Lipinski definition) is 1. The molecular weight excluding hydrogens is 282 g/mol. The minimum absolute atomic E-state index is 0.285. The second-order valence-electron chi connectivity index (χ2n) is 5.84. The second kappa shape index (κ2) is 5.73. The number of aromatic hydroxyl groups is 1. The van der Waals surface area contributed by atoms with Gasteiger partial charge in [-0.2, -0.15) is 0 Å². The zero-order chi connectivity index (χ0) is 15.6. The highest BCUT2D eigenvalue weighted by molar-refractivity contribution is 5.93. The summed E-state index contributed by atoms with van der Waals surface area (Å²) in [7, 11) is 0. The molecule has 1 heterocycles. The molecule has 1 aliphatic carbocycles. The van der Waals surface area contributed by atoms with Crippen molar-refractivity contribution in [3.63, 3.8) is 0 Å². The fraction of sp³-hybridized carbons (Fsp3) is 0.0952. The number of hydrogen-bond acceptors (Lipinski definition) is 2. The zero-order valence-electron chi connectivity index (χ0n) is 12.7. The Morgan fingerprint density at radius 3 is 2.57 bits per heavy atom. The Morgan fingerprint density at radius 1 is 0.870 bits per heavy atom. The van der Waals surface area contributed by atoms with Crippen LogP contribution in [0.3, 0.4) is 0 Å². The summed E-state index contributed by atoms with van der Waals surface area (Å²) >= 11 is 0. The quantitative estimate of drug-likeness (QED) is 0.719. The van der Waals surface area contributed by atoms with Gasteiger partial charge in [0, 0.05) is 18.0 Å². The normalized spacial score (nSPS) is 14.9. The van der Waals surface area contributed by atoms with Gasteiger partial charge in [-0.05, 0) is 64.9 Å². The molecule has 0 bridgehead atoms. The number of fused-ring (bicyclic) bond motifs is 2. The van der Waals surface area contributed by atoms with E-state index in [1.54, 1.807) is 12.1 Å². The van der Waals surface area contributed by atoms with Crippen LogP contribution in [0.2, 0.25) is 0 Å². The molecule has 0 fully saturated rings. The number of rotatable bonds is 1. The van der Waals surface area contributed by atoms with Gasteiger partial charge in [0.15, 0.2) is 0 Å². The fourth-order valence-corrected chi connectivity index (χ4v) is 3.24. The van der Waals surface area contributed by atoms with Gasteiger partial charge in [0.2, 0.25) is 0 Å². The molecule has 2 heteroatoms. The van der Waals surface area contributed by atoms with Crippen LogP contribution in [0, 0.1) is 0 Å². The molecule has 1 aromatic heterocycles. The average Bonchev–Trinajstić information content (AvgIpc) is 2.73. The maximum Gasteiger partial charge on any atom is 0.116 e. The summed E-state index contributed by atoms with van der Waals surface area (Å²) in [6.45, 7) is 0. The van der Waals surface area contributed by atoms with Crippen molar-refractivity contribution >= 4 is 11.6 Å². The Kier molecular flexibility index (Phi) is 3.43. The molecule has 3 aromatic rings. The highest BCUT2D eigenvalue weighted by Gasteiger charge is 2.17. The molecule has 2 nitrogen and oxygen atoms in total. The van der Waals surface area contributed by atoms with Crippen molar-refractivity contribution < 1.29 is 5.11 Å². The van der Waals surface area contributed by atoms with Gasteiger partial charge in [-0.25, -0.2) is 0 Å². The Hall–Kier alpha value is -2.87. The van der Waals surface area contributed by atoms with E-state index in [-0.39, 0.29) is 5.75 Å². The molecule has 0 atom stereocenters. The van der Waals surface area contributed by atoms with Gasteiger partial charge in [0.25, 0.3) is 0 Å². The van der Waals surface area contributed by atoms with Crippen LogP contribution in [0.25, 0.3) is 11.6 Å². The monoisotopic (exact) mass is 299 g/mol. The lowest BCUT2D eigenvalue weighted by Crippen LogP contribution is -1.93. The van der Waals surface area contributed by atoms with E-state index >= 15 is 0 Å². The van der Waals surface area contributed by atoms with Gasteiger partial charge in [-0.3, -0.25) is 4.98 Å². The molecule has 0 aliphatic heterocycles. The number of pyridine rings is 1. The van der Waals surface area contributed by atoms with Crippen molar-refractivity contribution in [3.05, 3.63) is 94.8 Å². The van der Waals surface area contributed by atoms with Crippen molar-refractivity contribution in [1.82, 2.24) is 4.98 Å². The average molecular weight is 299 g/mol. The van der Waals surface area contributed by atoms with Crippen molar-refractivity contribution in [2.45, 2.75) is 12.8 Å². The highest BCUT2D eigenvalue weighted by atomic mass is 16.3. The first-order valence-corrected chi connectivity index (χ1v) is 7.83. The minimum Gasteiger partial charge on any atom is -0.508 e. The van der Waals surface area contributed by atoms with Crippen LogP contribution in [0.4, 0.5) is 0 Å². The SMILES string of the molecule is Oc1cccc(/C=C2\c3ccccc3CCc3ccncc32)c1. The summed E-state index contributed by atoms with van der Waals surface area (Å²) in [5.74, 6) is 0.285. The van der Waals surface area contributed by atoms with E-state index in [0.29, 0.717) is 0 Å². The summed E-state index contributed by atoms with van der Waals surface area (Å²) in [6, 6.07) is 18.0. The smallest absolute Gasteiger partial charge is 0.116 e. The van der Waals surface area contributed by atoms with Gasteiger partial charge < -0.3 is 5.11 Å². The maximum atomic E-state index is 9.75. The van der Waals surface area contributed by atoms with E-state index in [4.69, 9.17) is 0 Å². The molecular formula is C21H17NO. The van der Waals surface area contributed by atoms with E-state index in [1.165, 1.54) is 27.8 Å². The third-order valence-electron chi connectivity index (χ3n) is 4.35. The third kappa shape index (κ3) is 2.64. The Bertz CT molecular complexity index is 846. The predicted octanol–water partition coefficient (Wildman–Crippen LogP) is 4.47. The number of aryl methyl sites for hydroxylation is 2. The van der Waals surface area contributed by atoms with Crippen LogP contribution < -0.4 is 0 Å². The molecule has 1 aliphatic rings. The van der Waals surface area contributed by atoms with E-state index < -0.39 is 0 Å². The summed E-state index contributed by atoms with van der Waals surface area (Å²) < 4.78 is 0. The van der Waals surface area contributed by atoms with E-state index in [1.807, 2.05) is 24.5 Å². The number of phenols is 1. The molecule has 2 aromatic carbocycles. The molecule has 4 rings (SSSR count). The number of phenolic OH excluding ortho intramolecular Hbond substituents is 1. The first-order chi connectivity index (χ1) is 11.3. The Labute approximate surface area is 135 Å². The summed E-state index contributed by atoms with van der Waals surface area (Å²) in [4.78, 5) is 4.33. The van der Waals surface area contributed by atoms with Crippen LogP contribution in [-0.4, -0.2) is 10.1 Å². The van der Waals surface area contributed by atoms with E-state index in [2.05, 4.69) is 41.4 Å². The molecule has 0 radical (unpaired) electrons. The van der Waals surface area contributed by atoms with Crippen LogP contribution in [0.15, 0.2) is 67.0 Å². The fourth-order valence-electron chi connectivity index (χ4n) is 3.24. The topological polar surface area (TPSA) is 33.1 Å². The first-order valence-electron chi connectivity index (χ1n) is 7.83. The second-order valence-corrected chi connectivity index (χ2v) is 5.84. The van der Waals surface area contributed by atoms with Crippen LogP contribution in [0.5, 0.6) is 5.75 Å². The number of nitrogens with zero attached hydrogens (tertiary/aromatic N) is 1. The van der Waals surface area contributed by atoms with Crippen LogP contribution in [-0.2, 0) is 12.8 Å². The van der Waals surface area contributed by atoms with Crippen LogP contribution >= 0.6 is 0 Å². The van der Waals surface area contributed by atoms with Gasteiger partial charge in [0.1, 0.15) is 5.75 Å². The lowest BCUT2D eigenvalue weighted by Gasteiger charge is -2.11. The summed E-state index contributed by atoms with van der Waals surface area (Å²) in [5, 5.41) is 9.75. The van der Waals surface area contributed by atoms with Gasteiger partial charge in [0.05, 0.1) is 0 Å². The van der Waals surface area contributed by atoms with Crippen molar-refractivity contribution in [2.75, 3.05) is 0 Å². The molecule has 0 amide bonds. The van der Waals surface area contributed by atoms with E-state index in [0.717, 1.165) is 18.4 Å². The van der Waals surface area contributed by atoms with Crippen molar-refractivity contribution in [3.8, 4) is 5.75 Å². The molecule has 0 saturated heterocycles. The summed E-state index contributed by atoms with van der Waals surface area (Å²) in [5.41, 5.74) is 7.28. The van der Waals surface area contributed by atoms with Gasteiger partial charge in [-0.1, -0.05) is 36.4 Å². The lowest BCUT2D eigenvalue weighted by atomic mass is 9.93. The predicted molar refractivity (Wildman–Crippen MR) is 93.2 cm³/mol. The minimum atomic E-state index is 0.285. The standard InChI is InChI=1S/C21H17NO/c23-18-6-3-4-15(12-18)13-20-19-7-2-1-5-16(19)8-9-17-10-11-22-14-21(17)20/h1-7,10-14,23H,8-9H2/b20-13+. The Morgan fingerprint density at radius 2 is 1.70 bits per heavy atom. The van der Waals surface area contributed by atoms with Crippen molar-refractivity contribution in [2.24, 2.45) is 0 Å². The molecule has 0 unspecified atom stereocenters. The Balaban J connectivity index is 1.97. The third-order valence-corrected chi connectivity index (χ3v) is 4.35. The highest BCUT2D eigenvalue weighted by Crippen LogP contribution is 2.34. The first kappa shape index (κ1) is 13.8. The molecule has 23 heavy (non-hydrogen) atoms. The van der Waals surface area contributed by atoms with E-state index in [9.17, 15) is 5.11 Å². The molecule has 112 valence electrons.